The fourth-order valence-corrected chi connectivity index (χ4v) is 0.767. The Morgan fingerprint density at radius 2 is 2.15 bits per heavy atom. The molecule has 0 unspecified atom stereocenters. The highest BCUT2D eigenvalue weighted by Gasteiger charge is 1.94. The van der Waals surface area contributed by atoms with Crippen molar-refractivity contribution in [2.75, 3.05) is 13.1 Å². The molecule has 5 nitrogen and oxygen atoms in total. The Morgan fingerprint density at radius 3 is 2.69 bits per heavy atom. The average Bonchev–Trinajstić information content (AvgIpc) is 2.08. The highest BCUT2D eigenvalue weighted by molar-refractivity contribution is 5.78. The second kappa shape index (κ2) is 7.39. The first-order chi connectivity index (χ1) is 6.16. The third-order valence-electron chi connectivity index (χ3n) is 1.41. The Hall–Kier alpha value is -1.26. The predicted molar refractivity (Wildman–Crippen MR) is 53.2 cm³/mol. The number of guanidine groups is 1. The maximum Gasteiger partial charge on any atom is 0.217 e. The molecule has 0 bridgehead atoms. The minimum Gasteiger partial charge on any atom is -0.370 e. The quantitative estimate of drug-likeness (QED) is 0.298. The summed E-state index contributed by atoms with van der Waals surface area (Å²) >= 11 is 0. The maximum absolute atomic E-state index is 10.3. The number of primary amides is 1. The number of amides is 1. The van der Waals surface area contributed by atoms with Crippen LogP contribution in [-0.4, -0.2) is 25.0 Å². The lowest BCUT2D eigenvalue weighted by Gasteiger charge is -2.03. The molecule has 0 fully saturated rings. The summed E-state index contributed by atoms with van der Waals surface area (Å²) in [6.45, 7) is 3.40. The Morgan fingerprint density at radius 1 is 1.46 bits per heavy atom. The number of carbonyl (C=O) groups is 1. The van der Waals surface area contributed by atoms with Crippen molar-refractivity contribution >= 4 is 11.9 Å². The molecule has 0 aromatic rings. The highest BCUT2D eigenvalue weighted by Crippen LogP contribution is 1.84. The second-order valence-corrected chi connectivity index (χ2v) is 2.76. The number of nitrogens with zero attached hydrogens (tertiary/aromatic N) is 1. The number of hydrogen-bond donors (Lipinski definition) is 3. The van der Waals surface area contributed by atoms with Crippen molar-refractivity contribution in [1.82, 2.24) is 5.32 Å². The highest BCUT2D eigenvalue weighted by atomic mass is 16.1. The van der Waals surface area contributed by atoms with Crippen molar-refractivity contribution in [3.8, 4) is 0 Å². The molecule has 0 heterocycles. The van der Waals surface area contributed by atoms with Gasteiger partial charge in [-0.1, -0.05) is 6.92 Å². The van der Waals surface area contributed by atoms with E-state index >= 15 is 0 Å². The molecule has 0 atom stereocenters. The summed E-state index contributed by atoms with van der Waals surface area (Å²) in [7, 11) is 0. The van der Waals surface area contributed by atoms with Gasteiger partial charge in [0, 0.05) is 19.5 Å². The van der Waals surface area contributed by atoms with E-state index in [-0.39, 0.29) is 5.91 Å². The number of hydrogen-bond acceptors (Lipinski definition) is 2. The molecule has 0 aliphatic rings. The first-order valence-corrected chi connectivity index (χ1v) is 4.49. The van der Waals surface area contributed by atoms with Crippen LogP contribution in [0, 0.1) is 0 Å². The lowest BCUT2D eigenvalue weighted by molar-refractivity contribution is -0.118. The van der Waals surface area contributed by atoms with E-state index in [1.165, 1.54) is 0 Å². The van der Waals surface area contributed by atoms with E-state index in [1.807, 2.05) is 6.92 Å². The molecule has 5 N–H and O–H groups in total. The molecule has 0 rings (SSSR count). The molecular weight excluding hydrogens is 168 g/mol. The summed E-state index contributed by atoms with van der Waals surface area (Å²) in [6, 6.07) is 0. The van der Waals surface area contributed by atoms with Gasteiger partial charge in [0.15, 0.2) is 5.96 Å². The standard InChI is InChI=1S/C8H18N4O/c1-2-5-11-8(10)12-6-3-4-7(9)13/h2-6H2,1H3,(H2,9,13)(H3,10,11,12). The fourth-order valence-electron chi connectivity index (χ4n) is 0.767. The van der Waals surface area contributed by atoms with Crippen LogP contribution in [0.15, 0.2) is 4.99 Å². The van der Waals surface area contributed by atoms with Crippen molar-refractivity contribution in [3.05, 3.63) is 0 Å². The molecule has 13 heavy (non-hydrogen) atoms. The molecule has 0 radical (unpaired) electrons. The van der Waals surface area contributed by atoms with Crippen LogP contribution in [0.5, 0.6) is 0 Å². The molecule has 0 aliphatic carbocycles. The summed E-state index contributed by atoms with van der Waals surface area (Å²) in [5, 5.41) is 2.89. The van der Waals surface area contributed by atoms with Crippen LogP contribution >= 0.6 is 0 Å². The fraction of sp³-hybridized carbons (Fsp3) is 0.750. The topological polar surface area (TPSA) is 93.5 Å². The monoisotopic (exact) mass is 186 g/mol. The largest absolute Gasteiger partial charge is 0.370 e. The lowest BCUT2D eigenvalue weighted by Crippen LogP contribution is -2.33. The minimum absolute atomic E-state index is 0.286. The maximum atomic E-state index is 10.3. The third-order valence-corrected chi connectivity index (χ3v) is 1.41. The van der Waals surface area contributed by atoms with Gasteiger partial charge in [-0.2, -0.15) is 0 Å². The van der Waals surface area contributed by atoms with E-state index in [1.54, 1.807) is 0 Å². The minimum atomic E-state index is -0.286. The third kappa shape index (κ3) is 8.65. The van der Waals surface area contributed by atoms with E-state index in [9.17, 15) is 4.79 Å². The molecule has 0 saturated heterocycles. The Labute approximate surface area is 78.6 Å². The van der Waals surface area contributed by atoms with Gasteiger partial charge < -0.3 is 16.8 Å². The van der Waals surface area contributed by atoms with Gasteiger partial charge in [0.1, 0.15) is 0 Å². The van der Waals surface area contributed by atoms with Crippen LogP contribution in [0.25, 0.3) is 0 Å². The van der Waals surface area contributed by atoms with E-state index < -0.39 is 0 Å². The Kier molecular flexibility index (Phi) is 6.68. The van der Waals surface area contributed by atoms with Gasteiger partial charge in [-0.15, -0.1) is 0 Å². The zero-order chi connectivity index (χ0) is 10.1. The SMILES string of the molecule is CCCN=C(N)NCCCC(N)=O. The molecule has 76 valence electrons. The second-order valence-electron chi connectivity index (χ2n) is 2.76. The summed E-state index contributed by atoms with van der Waals surface area (Å²) < 4.78 is 0. The first-order valence-electron chi connectivity index (χ1n) is 4.49. The van der Waals surface area contributed by atoms with E-state index in [2.05, 4.69) is 10.3 Å². The van der Waals surface area contributed by atoms with Gasteiger partial charge in [0.05, 0.1) is 0 Å². The molecular formula is C8H18N4O. The van der Waals surface area contributed by atoms with E-state index in [0.29, 0.717) is 25.3 Å². The number of nitrogens with one attached hydrogen (secondary N) is 1. The van der Waals surface area contributed by atoms with Crippen LogP contribution in [0.1, 0.15) is 26.2 Å². The zero-order valence-corrected chi connectivity index (χ0v) is 8.05. The molecule has 0 saturated carbocycles. The van der Waals surface area contributed by atoms with Crippen LogP contribution in [0.2, 0.25) is 0 Å². The molecule has 1 amide bonds. The van der Waals surface area contributed by atoms with Crippen LogP contribution in [0.3, 0.4) is 0 Å². The summed E-state index contributed by atoms with van der Waals surface area (Å²) in [4.78, 5) is 14.4. The first kappa shape index (κ1) is 11.7. The molecule has 0 spiro atoms. The molecule has 5 heteroatoms. The number of rotatable bonds is 6. The van der Waals surface area contributed by atoms with E-state index in [4.69, 9.17) is 11.5 Å². The number of aliphatic imine (C=N–C) groups is 1. The average molecular weight is 186 g/mol. The Bertz CT molecular complexity index is 179. The number of nitrogens with two attached hydrogens (primary N) is 2. The van der Waals surface area contributed by atoms with Crippen molar-refractivity contribution in [3.63, 3.8) is 0 Å². The summed E-state index contributed by atoms with van der Waals surface area (Å²) in [5.41, 5.74) is 10.5. The van der Waals surface area contributed by atoms with Gasteiger partial charge in [-0.05, 0) is 12.8 Å². The smallest absolute Gasteiger partial charge is 0.217 e. The molecule has 0 aliphatic heterocycles. The van der Waals surface area contributed by atoms with E-state index in [0.717, 1.165) is 13.0 Å². The van der Waals surface area contributed by atoms with Crippen molar-refractivity contribution in [2.24, 2.45) is 16.5 Å². The number of carbonyl (C=O) groups excluding carboxylic acids is 1. The van der Waals surface area contributed by atoms with Gasteiger partial charge in [-0.25, -0.2) is 0 Å². The van der Waals surface area contributed by atoms with Gasteiger partial charge >= 0.3 is 0 Å². The van der Waals surface area contributed by atoms with Crippen LogP contribution in [0.4, 0.5) is 0 Å². The van der Waals surface area contributed by atoms with Crippen molar-refractivity contribution in [2.45, 2.75) is 26.2 Å². The molecule has 0 aromatic heterocycles. The zero-order valence-electron chi connectivity index (χ0n) is 8.05. The molecule has 0 aromatic carbocycles. The van der Waals surface area contributed by atoms with Crippen LogP contribution < -0.4 is 16.8 Å². The predicted octanol–water partition coefficient (Wildman–Crippen LogP) is -0.434. The summed E-state index contributed by atoms with van der Waals surface area (Å²) in [5.74, 6) is 0.150. The summed E-state index contributed by atoms with van der Waals surface area (Å²) in [6.07, 6.45) is 2.05. The van der Waals surface area contributed by atoms with Crippen molar-refractivity contribution in [1.29, 1.82) is 0 Å². The van der Waals surface area contributed by atoms with Crippen molar-refractivity contribution < 1.29 is 4.79 Å². The lowest BCUT2D eigenvalue weighted by atomic mass is 10.3. The normalized spacial score (nSPS) is 11.3. The Balaban J connectivity index is 3.36. The van der Waals surface area contributed by atoms with Gasteiger partial charge in [0.25, 0.3) is 0 Å². The van der Waals surface area contributed by atoms with Crippen LogP contribution in [-0.2, 0) is 4.79 Å². The van der Waals surface area contributed by atoms with Gasteiger partial charge in [-0.3, -0.25) is 9.79 Å². The van der Waals surface area contributed by atoms with Gasteiger partial charge in [0.2, 0.25) is 5.91 Å².